The van der Waals surface area contributed by atoms with Gasteiger partial charge in [-0.05, 0) is 25.7 Å². The van der Waals surface area contributed by atoms with Crippen LogP contribution in [0.15, 0.2) is 0 Å². The van der Waals surface area contributed by atoms with Crippen molar-refractivity contribution in [2.24, 2.45) is 11.7 Å². The molecule has 2 N–H and O–H groups in total. The number of carbonyl (C=O) groups excluding carboxylic acids is 1. The maximum atomic E-state index is 12.2. The summed E-state index contributed by atoms with van der Waals surface area (Å²) in [5.41, 5.74) is 5.90. The number of piperidine rings is 1. The molecule has 4 heteroatoms. The van der Waals surface area contributed by atoms with Gasteiger partial charge in [0.1, 0.15) is 0 Å². The van der Waals surface area contributed by atoms with Crippen molar-refractivity contribution < 1.29 is 4.79 Å². The van der Waals surface area contributed by atoms with Crippen LogP contribution in [0, 0.1) is 5.92 Å². The lowest BCUT2D eigenvalue weighted by atomic mass is 9.87. The third kappa shape index (κ3) is 3.36. The number of carbonyl (C=O) groups is 1. The van der Waals surface area contributed by atoms with E-state index in [9.17, 15) is 4.79 Å². The van der Waals surface area contributed by atoms with E-state index in [-0.39, 0.29) is 18.4 Å². The first-order chi connectivity index (χ1) is 7.27. The van der Waals surface area contributed by atoms with Crippen molar-refractivity contribution in [2.45, 2.75) is 51.0 Å². The van der Waals surface area contributed by atoms with E-state index in [1.165, 1.54) is 19.3 Å². The van der Waals surface area contributed by atoms with Gasteiger partial charge in [-0.15, -0.1) is 12.4 Å². The fourth-order valence-corrected chi connectivity index (χ4v) is 2.82. The highest BCUT2D eigenvalue weighted by Crippen LogP contribution is 2.26. The Hall–Kier alpha value is -0.280. The summed E-state index contributed by atoms with van der Waals surface area (Å²) in [4.78, 5) is 14.2. The Kier molecular flexibility index (Phi) is 5.56. The lowest BCUT2D eigenvalue weighted by molar-refractivity contribution is -0.137. The minimum Gasteiger partial charge on any atom is -0.341 e. The first kappa shape index (κ1) is 13.8. The van der Waals surface area contributed by atoms with Gasteiger partial charge in [0.25, 0.3) is 0 Å². The van der Waals surface area contributed by atoms with Crippen molar-refractivity contribution in [1.29, 1.82) is 0 Å². The van der Waals surface area contributed by atoms with Crippen molar-refractivity contribution in [3.8, 4) is 0 Å². The SMILES string of the molecule is Cl.NC1CCCN(C(=O)C2CCCCC2)C1. The molecule has 16 heavy (non-hydrogen) atoms. The minimum absolute atomic E-state index is 0. The van der Waals surface area contributed by atoms with Gasteiger partial charge in [-0.25, -0.2) is 0 Å². The molecule has 1 heterocycles. The van der Waals surface area contributed by atoms with Crippen LogP contribution in [-0.2, 0) is 4.79 Å². The third-order valence-electron chi connectivity index (χ3n) is 3.72. The average Bonchev–Trinajstić information content (AvgIpc) is 2.29. The summed E-state index contributed by atoms with van der Waals surface area (Å²) in [6, 6.07) is 0.214. The predicted octanol–water partition coefficient (Wildman–Crippen LogP) is 1.94. The van der Waals surface area contributed by atoms with Gasteiger partial charge in [0.2, 0.25) is 5.91 Å². The molecule has 0 aromatic carbocycles. The van der Waals surface area contributed by atoms with Gasteiger partial charge >= 0.3 is 0 Å². The largest absolute Gasteiger partial charge is 0.341 e. The van der Waals surface area contributed by atoms with Gasteiger partial charge in [-0.2, -0.15) is 0 Å². The molecular weight excluding hydrogens is 224 g/mol. The van der Waals surface area contributed by atoms with Gasteiger partial charge in [0.15, 0.2) is 0 Å². The highest BCUT2D eigenvalue weighted by Gasteiger charge is 2.28. The topological polar surface area (TPSA) is 46.3 Å². The van der Waals surface area contributed by atoms with E-state index in [2.05, 4.69) is 0 Å². The Morgan fingerprint density at radius 2 is 1.75 bits per heavy atom. The number of nitrogens with zero attached hydrogens (tertiary/aromatic N) is 1. The van der Waals surface area contributed by atoms with Crippen LogP contribution in [0.25, 0.3) is 0 Å². The number of hydrogen-bond acceptors (Lipinski definition) is 2. The molecule has 0 radical (unpaired) electrons. The predicted molar refractivity (Wildman–Crippen MR) is 67.6 cm³/mol. The maximum Gasteiger partial charge on any atom is 0.225 e. The van der Waals surface area contributed by atoms with Gasteiger partial charge in [0.05, 0.1) is 0 Å². The van der Waals surface area contributed by atoms with E-state index >= 15 is 0 Å². The van der Waals surface area contributed by atoms with E-state index in [4.69, 9.17) is 5.73 Å². The Balaban J connectivity index is 0.00000128. The molecule has 0 spiro atoms. The van der Waals surface area contributed by atoms with Gasteiger partial charge in [-0.1, -0.05) is 19.3 Å². The van der Waals surface area contributed by atoms with Crippen LogP contribution in [0.4, 0.5) is 0 Å². The number of amides is 1. The molecule has 1 saturated heterocycles. The van der Waals surface area contributed by atoms with Crippen LogP contribution in [0.5, 0.6) is 0 Å². The third-order valence-corrected chi connectivity index (χ3v) is 3.72. The molecule has 1 aliphatic carbocycles. The second kappa shape index (κ2) is 6.45. The van der Waals surface area contributed by atoms with Crippen LogP contribution in [-0.4, -0.2) is 29.9 Å². The quantitative estimate of drug-likeness (QED) is 0.769. The van der Waals surface area contributed by atoms with Crippen LogP contribution in [0.2, 0.25) is 0 Å². The summed E-state index contributed by atoms with van der Waals surface area (Å²) in [7, 11) is 0. The molecule has 1 atom stereocenters. The van der Waals surface area contributed by atoms with E-state index < -0.39 is 0 Å². The molecule has 0 aromatic rings. The molecule has 1 saturated carbocycles. The summed E-state index contributed by atoms with van der Waals surface area (Å²) in [5, 5.41) is 0. The highest BCUT2D eigenvalue weighted by atomic mass is 35.5. The summed E-state index contributed by atoms with van der Waals surface area (Å²) >= 11 is 0. The molecule has 1 amide bonds. The Morgan fingerprint density at radius 3 is 2.38 bits per heavy atom. The Labute approximate surface area is 104 Å². The molecular formula is C12H23ClN2O. The van der Waals surface area contributed by atoms with Crippen molar-refractivity contribution in [1.82, 2.24) is 4.90 Å². The first-order valence-electron chi connectivity index (χ1n) is 6.32. The fraction of sp³-hybridized carbons (Fsp3) is 0.917. The molecule has 2 rings (SSSR count). The van der Waals surface area contributed by atoms with Crippen LogP contribution in [0.3, 0.4) is 0 Å². The van der Waals surface area contributed by atoms with Crippen LogP contribution in [0.1, 0.15) is 44.9 Å². The highest BCUT2D eigenvalue weighted by molar-refractivity contribution is 5.85. The van der Waals surface area contributed by atoms with E-state index in [0.717, 1.165) is 38.8 Å². The molecule has 0 bridgehead atoms. The second-order valence-electron chi connectivity index (χ2n) is 5.02. The van der Waals surface area contributed by atoms with Crippen LogP contribution < -0.4 is 5.73 Å². The lowest BCUT2D eigenvalue weighted by Crippen LogP contribution is -2.48. The summed E-state index contributed by atoms with van der Waals surface area (Å²) in [6.07, 6.45) is 8.14. The first-order valence-corrected chi connectivity index (χ1v) is 6.32. The summed E-state index contributed by atoms with van der Waals surface area (Å²) < 4.78 is 0. The molecule has 94 valence electrons. The monoisotopic (exact) mass is 246 g/mol. The summed E-state index contributed by atoms with van der Waals surface area (Å²) in [5.74, 6) is 0.689. The normalized spacial score (nSPS) is 27.3. The zero-order chi connectivity index (χ0) is 10.7. The Morgan fingerprint density at radius 1 is 1.06 bits per heavy atom. The molecule has 2 fully saturated rings. The van der Waals surface area contributed by atoms with Crippen molar-refractivity contribution in [2.75, 3.05) is 13.1 Å². The van der Waals surface area contributed by atoms with Gasteiger partial charge in [-0.3, -0.25) is 4.79 Å². The average molecular weight is 247 g/mol. The van der Waals surface area contributed by atoms with Crippen molar-refractivity contribution in [3.05, 3.63) is 0 Å². The van der Waals surface area contributed by atoms with Gasteiger partial charge < -0.3 is 10.6 Å². The fourth-order valence-electron chi connectivity index (χ4n) is 2.82. The minimum atomic E-state index is 0. The number of likely N-dealkylation sites (tertiary alicyclic amines) is 1. The molecule has 3 nitrogen and oxygen atoms in total. The van der Waals surface area contributed by atoms with Crippen LogP contribution >= 0.6 is 12.4 Å². The van der Waals surface area contributed by atoms with E-state index in [1.807, 2.05) is 4.90 Å². The standard InChI is InChI=1S/C12H22N2O.ClH/c13-11-7-4-8-14(9-11)12(15)10-5-2-1-3-6-10;/h10-11H,1-9,13H2;1H. The van der Waals surface area contributed by atoms with Crippen molar-refractivity contribution in [3.63, 3.8) is 0 Å². The lowest BCUT2D eigenvalue weighted by Gasteiger charge is -2.34. The number of hydrogen-bond donors (Lipinski definition) is 1. The maximum absolute atomic E-state index is 12.2. The Bertz CT molecular complexity index is 229. The zero-order valence-corrected chi connectivity index (χ0v) is 10.7. The zero-order valence-electron chi connectivity index (χ0n) is 9.86. The number of nitrogens with two attached hydrogens (primary N) is 1. The van der Waals surface area contributed by atoms with E-state index in [0.29, 0.717) is 11.8 Å². The second-order valence-corrected chi connectivity index (χ2v) is 5.02. The number of rotatable bonds is 1. The molecule has 0 aromatic heterocycles. The number of halogens is 1. The molecule has 1 aliphatic heterocycles. The molecule has 1 unspecified atom stereocenters. The smallest absolute Gasteiger partial charge is 0.225 e. The van der Waals surface area contributed by atoms with E-state index in [1.54, 1.807) is 0 Å². The van der Waals surface area contributed by atoms with Crippen molar-refractivity contribution >= 4 is 18.3 Å². The summed E-state index contributed by atoms with van der Waals surface area (Å²) in [6.45, 7) is 1.72. The molecule has 2 aliphatic rings. The van der Waals surface area contributed by atoms with Gasteiger partial charge in [0, 0.05) is 25.0 Å².